The second kappa shape index (κ2) is 1.78. The number of nitrogens with one attached hydrogen (secondary N) is 1. The minimum absolute atomic E-state index is 0.620. The Morgan fingerprint density at radius 1 is 1.62 bits per heavy atom. The molecule has 8 heavy (non-hydrogen) atoms. The molecule has 2 nitrogen and oxygen atoms in total. The van der Waals surface area contributed by atoms with E-state index in [9.17, 15) is 0 Å². The third-order valence-electron chi connectivity index (χ3n) is 1.84. The van der Waals surface area contributed by atoms with Crippen molar-refractivity contribution >= 4 is 0 Å². The molecule has 0 aromatic rings. The molecular formula is C6H13N2+. The Kier molecular flexibility index (Phi) is 1.26. The quantitative estimate of drug-likeness (QED) is 0.435. The van der Waals surface area contributed by atoms with E-state index in [0.717, 1.165) is 0 Å². The van der Waals surface area contributed by atoms with Gasteiger partial charge in [-0.05, 0) is 0 Å². The molecule has 1 aliphatic heterocycles. The van der Waals surface area contributed by atoms with E-state index in [-0.39, 0.29) is 0 Å². The van der Waals surface area contributed by atoms with Gasteiger partial charge in [0.15, 0.2) is 6.17 Å². The van der Waals surface area contributed by atoms with Crippen LogP contribution in [0.2, 0.25) is 0 Å². The second-order valence-corrected chi connectivity index (χ2v) is 2.40. The summed E-state index contributed by atoms with van der Waals surface area (Å²) in [5.74, 6) is 0. The summed E-state index contributed by atoms with van der Waals surface area (Å²) in [6.45, 7) is 2.20. The van der Waals surface area contributed by atoms with Crippen LogP contribution in [0.1, 0.15) is 6.92 Å². The number of rotatable bonds is 0. The molecule has 0 saturated heterocycles. The largest absolute Gasteiger partial charge is 0.327 e. The summed E-state index contributed by atoms with van der Waals surface area (Å²) in [5.41, 5.74) is 0. The SMILES string of the molecule is CC1N(C)C=C[NH+]1C. The summed E-state index contributed by atoms with van der Waals surface area (Å²) < 4.78 is 0. The molecule has 0 saturated carbocycles. The maximum absolute atomic E-state index is 2.20. The van der Waals surface area contributed by atoms with E-state index in [1.54, 1.807) is 0 Å². The molecule has 2 unspecified atom stereocenters. The van der Waals surface area contributed by atoms with E-state index in [0.29, 0.717) is 6.17 Å². The molecule has 0 amide bonds. The molecule has 2 heteroatoms. The van der Waals surface area contributed by atoms with Gasteiger partial charge >= 0.3 is 0 Å². The molecule has 46 valence electrons. The fourth-order valence-corrected chi connectivity index (χ4v) is 0.825. The first-order chi connectivity index (χ1) is 3.72. The van der Waals surface area contributed by atoms with E-state index in [4.69, 9.17) is 0 Å². The summed E-state index contributed by atoms with van der Waals surface area (Å²) in [5, 5.41) is 0. The molecule has 0 aliphatic carbocycles. The van der Waals surface area contributed by atoms with Crippen LogP contribution in [0, 0.1) is 0 Å². The van der Waals surface area contributed by atoms with Gasteiger partial charge in [0.2, 0.25) is 0 Å². The Hall–Kier alpha value is -0.500. The average molecular weight is 113 g/mol. The first-order valence-electron chi connectivity index (χ1n) is 2.95. The van der Waals surface area contributed by atoms with E-state index >= 15 is 0 Å². The molecule has 1 heterocycles. The normalized spacial score (nSPS) is 36.6. The van der Waals surface area contributed by atoms with Gasteiger partial charge in [-0.25, -0.2) is 0 Å². The third kappa shape index (κ3) is 0.713. The Morgan fingerprint density at radius 2 is 2.25 bits per heavy atom. The molecule has 0 spiro atoms. The number of hydrogen-bond donors (Lipinski definition) is 1. The van der Waals surface area contributed by atoms with Crippen LogP contribution in [0.25, 0.3) is 0 Å². The van der Waals surface area contributed by atoms with Crippen molar-refractivity contribution in [3.8, 4) is 0 Å². The van der Waals surface area contributed by atoms with Gasteiger partial charge in [0, 0.05) is 14.0 Å². The Bertz CT molecular complexity index is 97.1. The molecular weight excluding hydrogens is 100 g/mol. The highest BCUT2D eigenvalue weighted by molar-refractivity contribution is 4.78. The predicted octanol–water partition coefficient (Wildman–Crippen LogP) is -0.736. The minimum Gasteiger partial charge on any atom is -0.327 e. The topological polar surface area (TPSA) is 7.68 Å². The summed E-state index contributed by atoms with van der Waals surface area (Å²) in [7, 11) is 4.25. The van der Waals surface area contributed by atoms with Crippen molar-refractivity contribution in [2.75, 3.05) is 14.1 Å². The molecule has 0 fully saturated rings. The van der Waals surface area contributed by atoms with Crippen LogP contribution < -0.4 is 4.90 Å². The zero-order valence-corrected chi connectivity index (χ0v) is 5.68. The van der Waals surface area contributed by atoms with E-state index < -0.39 is 0 Å². The van der Waals surface area contributed by atoms with Gasteiger partial charge in [-0.15, -0.1) is 0 Å². The van der Waals surface area contributed by atoms with Crippen LogP contribution in [-0.4, -0.2) is 25.2 Å². The van der Waals surface area contributed by atoms with Crippen LogP contribution in [-0.2, 0) is 0 Å². The maximum atomic E-state index is 2.20. The summed E-state index contributed by atoms with van der Waals surface area (Å²) >= 11 is 0. The zero-order chi connectivity index (χ0) is 6.15. The van der Waals surface area contributed by atoms with Crippen molar-refractivity contribution in [2.45, 2.75) is 13.1 Å². The van der Waals surface area contributed by atoms with Crippen LogP contribution >= 0.6 is 0 Å². The lowest BCUT2D eigenvalue weighted by molar-refractivity contribution is -0.854. The lowest BCUT2D eigenvalue weighted by Gasteiger charge is -2.17. The van der Waals surface area contributed by atoms with Gasteiger partial charge in [-0.2, -0.15) is 0 Å². The molecule has 1 rings (SSSR count). The van der Waals surface area contributed by atoms with E-state index in [1.165, 1.54) is 4.90 Å². The molecule has 2 atom stereocenters. The molecule has 0 radical (unpaired) electrons. The fraction of sp³-hybridized carbons (Fsp3) is 0.667. The van der Waals surface area contributed by atoms with Crippen molar-refractivity contribution < 1.29 is 4.90 Å². The summed E-state index contributed by atoms with van der Waals surface area (Å²) in [6, 6.07) is 0. The van der Waals surface area contributed by atoms with Gasteiger partial charge in [-0.3, -0.25) is 4.90 Å². The number of nitrogens with zero attached hydrogens (tertiary/aromatic N) is 1. The molecule has 1 N–H and O–H groups in total. The second-order valence-electron chi connectivity index (χ2n) is 2.40. The number of hydrogen-bond acceptors (Lipinski definition) is 1. The predicted molar refractivity (Wildman–Crippen MR) is 33.3 cm³/mol. The van der Waals surface area contributed by atoms with Crippen molar-refractivity contribution in [1.29, 1.82) is 0 Å². The van der Waals surface area contributed by atoms with Crippen molar-refractivity contribution in [2.24, 2.45) is 0 Å². The summed E-state index contributed by atoms with van der Waals surface area (Å²) in [4.78, 5) is 3.66. The fourth-order valence-electron chi connectivity index (χ4n) is 0.825. The maximum Gasteiger partial charge on any atom is 0.163 e. The average Bonchev–Trinajstić information content (AvgIpc) is 1.98. The zero-order valence-electron chi connectivity index (χ0n) is 5.68. The first kappa shape index (κ1) is 5.63. The molecule has 0 aromatic heterocycles. The Balaban J connectivity index is 2.55. The Labute approximate surface area is 50.4 Å². The highest BCUT2D eigenvalue weighted by atomic mass is 15.3. The van der Waals surface area contributed by atoms with Crippen molar-refractivity contribution in [3.05, 3.63) is 12.4 Å². The molecule has 0 aromatic carbocycles. The van der Waals surface area contributed by atoms with Crippen LogP contribution in [0.4, 0.5) is 0 Å². The van der Waals surface area contributed by atoms with Crippen molar-refractivity contribution in [3.63, 3.8) is 0 Å². The van der Waals surface area contributed by atoms with Gasteiger partial charge in [0.1, 0.15) is 6.20 Å². The van der Waals surface area contributed by atoms with Crippen LogP contribution in [0.15, 0.2) is 12.4 Å². The smallest absolute Gasteiger partial charge is 0.163 e. The molecule has 0 bridgehead atoms. The van der Waals surface area contributed by atoms with Gasteiger partial charge < -0.3 is 4.90 Å². The van der Waals surface area contributed by atoms with Gasteiger partial charge in [0.05, 0.1) is 13.2 Å². The van der Waals surface area contributed by atoms with Crippen LogP contribution in [0.3, 0.4) is 0 Å². The van der Waals surface area contributed by atoms with Crippen molar-refractivity contribution in [1.82, 2.24) is 4.90 Å². The van der Waals surface area contributed by atoms with Gasteiger partial charge in [0.25, 0.3) is 0 Å². The lowest BCUT2D eigenvalue weighted by Crippen LogP contribution is -3.07. The highest BCUT2D eigenvalue weighted by Crippen LogP contribution is 1.91. The van der Waals surface area contributed by atoms with Crippen LogP contribution in [0.5, 0.6) is 0 Å². The number of quaternary nitrogens is 1. The summed E-state index contributed by atoms with van der Waals surface area (Å²) in [6.07, 6.45) is 4.89. The standard InChI is InChI=1S/C6H12N2/c1-6-7(2)4-5-8(6)3/h4-6H,1-3H3/p+1. The monoisotopic (exact) mass is 113 g/mol. The third-order valence-corrected chi connectivity index (χ3v) is 1.84. The Morgan fingerprint density at radius 3 is 2.38 bits per heavy atom. The van der Waals surface area contributed by atoms with Gasteiger partial charge in [-0.1, -0.05) is 0 Å². The molecule has 1 aliphatic rings. The lowest BCUT2D eigenvalue weighted by atomic mass is 10.5. The minimum atomic E-state index is 0.620. The first-order valence-corrected chi connectivity index (χ1v) is 2.95. The van der Waals surface area contributed by atoms with E-state index in [1.807, 2.05) is 0 Å². The highest BCUT2D eigenvalue weighted by Gasteiger charge is 2.18. The van der Waals surface area contributed by atoms with E-state index in [2.05, 4.69) is 38.3 Å².